The van der Waals surface area contributed by atoms with Gasteiger partial charge in [0.15, 0.2) is 0 Å². The van der Waals surface area contributed by atoms with Crippen molar-refractivity contribution in [3.63, 3.8) is 0 Å². The molecule has 1 atom stereocenters. The molecule has 0 bridgehead atoms. The van der Waals surface area contributed by atoms with Crippen LogP contribution in [0.2, 0.25) is 0 Å². The molecule has 2 heterocycles. The summed E-state index contributed by atoms with van der Waals surface area (Å²) < 4.78 is 0. The molecule has 22 heavy (non-hydrogen) atoms. The summed E-state index contributed by atoms with van der Waals surface area (Å²) in [6.07, 6.45) is 5.91. The lowest BCUT2D eigenvalue weighted by molar-refractivity contribution is 0.154. The van der Waals surface area contributed by atoms with Gasteiger partial charge < -0.3 is 4.90 Å². The van der Waals surface area contributed by atoms with Crippen LogP contribution in [0.3, 0.4) is 0 Å². The maximum atomic E-state index is 2.67. The molecule has 2 aromatic carbocycles. The molecule has 1 fully saturated rings. The summed E-state index contributed by atoms with van der Waals surface area (Å²) in [6, 6.07) is 19.9. The molecule has 1 saturated heterocycles. The van der Waals surface area contributed by atoms with E-state index in [0.717, 1.165) is 13.1 Å². The molecule has 0 radical (unpaired) electrons. The highest BCUT2D eigenvalue weighted by molar-refractivity contribution is 5.56. The van der Waals surface area contributed by atoms with Crippen LogP contribution in [-0.2, 0) is 13.1 Å². The van der Waals surface area contributed by atoms with Crippen molar-refractivity contribution in [1.82, 2.24) is 4.90 Å². The number of hydrogen-bond donors (Lipinski definition) is 0. The van der Waals surface area contributed by atoms with Gasteiger partial charge in [0, 0.05) is 25.3 Å². The van der Waals surface area contributed by atoms with Gasteiger partial charge in [-0.25, -0.2) is 0 Å². The van der Waals surface area contributed by atoms with Crippen LogP contribution in [0, 0.1) is 0 Å². The van der Waals surface area contributed by atoms with Crippen LogP contribution in [0.4, 0.5) is 5.69 Å². The van der Waals surface area contributed by atoms with Crippen molar-refractivity contribution in [2.24, 2.45) is 0 Å². The van der Waals surface area contributed by atoms with Crippen molar-refractivity contribution >= 4 is 5.69 Å². The first kappa shape index (κ1) is 13.8. The standard InChI is InChI=1S/C20H24N2/c1-3-9-17(10-4-1)15-21-16-18-11-6-7-12-19(18)22-14-8-2-5-13-20(21)22/h1,3-4,6-7,9-12,20H,2,5,8,13-16H2. The SMILES string of the molecule is c1ccc(CN2Cc3ccccc3N3CCCCCC23)cc1. The van der Waals surface area contributed by atoms with E-state index in [4.69, 9.17) is 0 Å². The molecule has 2 heteroatoms. The van der Waals surface area contributed by atoms with Crippen molar-refractivity contribution < 1.29 is 0 Å². The van der Waals surface area contributed by atoms with Crippen LogP contribution in [0.15, 0.2) is 54.6 Å². The molecule has 0 N–H and O–H groups in total. The highest BCUT2D eigenvalue weighted by atomic mass is 15.4. The van der Waals surface area contributed by atoms with Crippen LogP contribution in [0.1, 0.15) is 36.8 Å². The van der Waals surface area contributed by atoms with Gasteiger partial charge in [-0.3, -0.25) is 4.90 Å². The smallest absolute Gasteiger partial charge is 0.0826 e. The Labute approximate surface area is 133 Å². The van der Waals surface area contributed by atoms with Crippen LogP contribution in [-0.4, -0.2) is 17.6 Å². The van der Waals surface area contributed by atoms with E-state index in [1.807, 2.05) is 0 Å². The number of anilines is 1. The molecule has 2 aliphatic rings. The second kappa shape index (κ2) is 6.13. The van der Waals surface area contributed by atoms with Gasteiger partial charge in [0.2, 0.25) is 0 Å². The quantitative estimate of drug-likeness (QED) is 0.809. The number of para-hydroxylation sites is 1. The van der Waals surface area contributed by atoms with E-state index >= 15 is 0 Å². The summed E-state index contributed by atoms with van der Waals surface area (Å²) in [4.78, 5) is 5.33. The zero-order valence-electron chi connectivity index (χ0n) is 13.1. The highest BCUT2D eigenvalue weighted by Crippen LogP contribution is 2.35. The third-order valence-electron chi connectivity index (χ3n) is 5.05. The Morgan fingerprint density at radius 2 is 1.68 bits per heavy atom. The first-order chi connectivity index (χ1) is 10.9. The van der Waals surface area contributed by atoms with Gasteiger partial charge in [-0.2, -0.15) is 0 Å². The van der Waals surface area contributed by atoms with Crippen molar-refractivity contribution in [3.8, 4) is 0 Å². The number of benzene rings is 2. The summed E-state index contributed by atoms with van der Waals surface area (Å²) in [5.74, 6) is 0. The zero-order valence-corrected chi connectivity index (χ0v) is 13.1. The van der Waals surface area contributed by atoms with Gasteiger partial charge in [0.05, 0.1) is 6.17 Å². The Morgan fingerprint density at radius 3 is 2.59 bits per heavy atom. The molecule has 0 amide bonds. The van der Waals surface area contributed by atoms with E-state index in [1.165, 1.54) is 49.0 Å². The van der Waals surface area contributed by atoms with Crippen LogP contribution in [0.5, 0.6) is 0 Å². The van der Waals surface area contributed by atoms with Crippen LogP contribution < -0.4 is 4.90 Å². The molecule has 2 aliphatic heterocycles. The lowest BCUT2D eigenvalue weighted by Gasteiger charge is -2.45. The number of fused-ring (bicyclic) bond motifs is 3. The Morgan fingerprint density at radius 1 is 0.864 bits per heavy atom. The zero-order chi connectivity index (χ0) is 14.8. The first-order valence-corrected chi connectivity index (χ1v) is 8.54. The van der Waals surface area contributed by atoms with E-state index in [2.05, 4.69) is 64.4 Å². The summed E-state index contributed by atoms with van der Waals surface area (Å²) in [5.41, 5.74) is 4.38. The molecule has 0 aromatic heterocycles. The molecule has 114 valence electrons. The van der Waals surface area contributed by atoms with Crippen LogP contribution in [0.25, 0.3) is 0 Å². The third kappa shape index (κ3) is 2.64. The maximum absolute atomic E-state index is 2.67. The number of rotatable bonds is 2. The molecule has 4 rings (SSSR count). The predicted molar refractivity (Wildman–Crippen MR) is 91.7 cm³/mol. The fourth-order valence-electron chi connectivity index (χ4n) is 3.98. The summed E-state index contributed by atoms with van der Waals surface area (Å²) >= 11 is 0. The van der Waals surface area contributed by atoms with Gasteiger partial charge in [-0.15, -0.1) is 0 Å². The fraction of sp³-hybridized carbons (Fsp3) is 0.400. The normalized spacial score (nSPS) is 21.8. The van der Waals surface area contributed by atoms with Gasteiger partial charge in [-0.1, -0.05) is 55.0 Å². The summed E-state index contributed by atoms with van der Waals surface area (Å²) in [7, 11) is 0. The summed E-state index contributed by atoms with van der Waals surface area (Å²) in [6.45, 7) is 3.33. The molecule has 0 aliphatic carbocycles. The molecular formula is C20H24N2. The van der Waals surface area contributed by atoms with E-state index < -0.39 is 0 Å². The lowest BCUT2D eigenvalue weighted by atomic mass is 10.0. The van der Waals surface area contributed by atoms with Crippen molar-refractivity contribution in [3.05, 3.63) is 65.7 Å². The van der Waals surface area contributed by atoms with Crippen LogP contribution >= 0.6 is 0 Å². The molecule has 0 saturated carbocycles. The van der Waals surface area contributed by atoms with E-state index in [9.17, 15) is 0 Å². The Kier molecular flexibility index (Phi) is 3.86. The topological polar surface area (TPSA) is 6.48 Å². The molecule has 0 spiro atoms. The third-order valence-corrected chi connectivity index (χ3v) is 5.05. The Balaban J connectivity index is 1.66. The van der Waals surface area contributed by atoms with E-state index in [0.29, 0.717) is 6.17 Å². The molecular weight excluding hydrogens is 268 g/mol. The minimum Gasteiger partial charge on any atom is -0.355 e. The molecule has 1 unspecified atom stereocenters. The Bertz CT molecular complexity index is 623. The molecule has 2 aromatic rings. The van der Waals surface area contributed by atoms with Crippen molar-refractivity contribution in [2.75, 3.05) is 11.4 Å². The minimum absolute atomic E-state index is 0.567. The van der Waals surface area contributed by atoms with Gasteiger partial charge in [-0.05, 0) is 36.5 Å². The minimum atomic E-state index is 0.567. The summed E-state index contributed by atoms with van der Waals surface area (Å²) in [5, 5.41) is 0. The van der Waals surface area contributed by atoms with Crippen molar-refractivity contribution in [2.45, 2.75) is 44.9 Å². The highest BCUT2D eigenvalue weighted by Gasteiger charge is 2.32. The first-order valence-electron chi connectivity index (χ1n) is 8.54. The van der Waals surface area contributed by atoms with Gasteiger partial charge in [0.1, 0.15) is 0 Å². The van der Waals surface area contributed by atoms with Crippen molar-refractivity contribution in [1.29, 1.82) is 0 Å². The van der Waals surface area contributed by atoms with E-state index in [-0.39, 0.29) is 0 Å². The number of nitrogens with zero attached hydrogens (tertiary/aromatic N) is 2. The lowest BCUT2D eigenvalue weighted by Crippen LogP contribution is -2.51. The monoisotopic (exact) mass is 292 g/mol. The second-order valence-electron chi connectivity index (χ2n) is 6.54. The molecule has 2 nitrogen and oxygen atoms in total. The number of hydrogen-bond acceptors (Lipinski definition) is 2. The predicted octanol–water partition coefficient (Wildman–Crippen LogP) is 4.41. The average molecular weight is 292 g/mol. The fourth-order valence-corrected chi connectivity index (χ4v) is 3.98. The van der Waals surface area contributed by atoms with Gasteiger partial charge in [0.25, 0.3) is 0 Å². The largest absolute Gasteiger partial charge is 0.355 e. The Hall–Kier alpha value is -1.80. The maximum Gasteiger partial charge on any atom is 0.0826 e. The van der Waals surface area contributed by atoms with E-state index in [1.54, 1.807) is 0 Å². The average Bonchev–Trinajstić information content (AvgIpc) is 2.82. The van der Waals surface area contributed by atoms with Gasteiger partial charge >= 0.3 is 0 Å². The second-order valence-corrected chi connectivity index (χ2v) is 6.54.